The van der Waals surface area contributed by atoms with E-state index in [4.69, 9.17) is 14.2 Å². The molecule has 128 valence electrons. The first-order valence-corrected chi connectivity index (χ1v) is 7.63. The van der Waals surface area contributed by atoms with Crippen molar-refractivity contribution in [1.29, 1.82) is 0 Å². The Kier molecular flexibility index (Phi) is 7.78. The molecule has 23 heavy (non-hydrogen) atoms. The van der Waals surface area contributed by atoms with Gasteiger partial charge in [-0.15, -0.1) is 6.58 Å². The van der Waals surface area contributed by atoms with Gasteiger partial charge >= 0.3 is 6.09 Å². The van der Waals surface area contributed by atoms with Crippen LogP contribution in [0.25, 0.3) is 0 Å². The van der Waals surface area contributed by atoms with Gasteiger partial charge in [0.05, 0.1) is 12.1 Å². The van der Waals surface area contributed by atoms with Gasteiger partial charge in [0.2, 0.25) is 0 Å². The molecule has 0 fully saturated rings. The molecule has 5 heteroatoms. The van der Waals surface area contributed by atoms with E-state index in [1.165, 1.54) is 0 Å². The van der Waals surface area contributed by atoms with Gasteiger partial charge in [0.25, 0.3) is 0 Å². The largest absolute Gasteiger partial charge is 0.444 e. The van der Waals surface area contributed by atoms with Crippen molar-refractivity contribution >= 4 is 6.09 Å². The standard InChI is InChI=1S/C18H27NO4/c1-6-10-15(22-13-21-5)16(14-11-8-7-9-12-14)19-17(20)23-18(2,3)4/h6-9,11-12,15-16H,1,10,13H2,2-5H3,(H,19,20)/t15?,16-/m0/s1. The van der Waals surface area contributed by atoms with E-state index in [2.05, 4.69) is 11.9 Å². The summed E-state index contributed by atoms with van der Waals surface area (Å²) < 4.78 is 16.1. The number of nitrogens with one attached hydrogen (secondary N) is 1. The fourth-order valence-electron chi connectivity index (χ4n) is 2.11. The predicted molar refractivity (Wildman–Crippen MR) is 90.1 cm³/mol. The summed E-state index contributed by atoms with van der Waals surface area (Å²) in [5, 5.41) is 2.89. The van der Waals surface area contributed by atoms with E-state index in [9.17, 15) is 4.79 Å². The summed E-state index contributed by atoms with van der Waals surface area (Å²) in [5.74, 6) is 0. The Morgan fingerprint density at radius 1 is 1.30 bits per heavy atom. The Morgan fingerprint density at radius 3 is 2.48 bits per heavy atom. The molecule has 1 aromatic carbocycles. The molecule has 0 radical (unpaired) electrons. The van der Waals surface area contributed by atoms with Gasteiger partial charge in [0, 0.05) is 7.11 Å². The number of hydrogen-bond donors (Lipinski definition) is 1. The maximum absolute atomic E-state index is 12.2. The van der Waals surface area contributed by atoms with Crippen LogP contribution >= 0.6 is 0 Å². The summed E-state index contributed by atoms with van der Waals surface area (Å²) in [4.78, 5) is 12.2. The van der Waals surface area contributed by atoms with Gasteiger partial charge in [-0.25, -0.2) is 4.79 Å². The number of rotatable bonds is 8. The van der Waals surface area contributed by atoms with Gasteiger partial charge in [-0.3, -0.25) is 0 Å². The monoisotopic (exact) mass is 321 g/mol. The van der Waals surface area contributed by atoms with Crippen LogP contribution in [0.15, 0.2) is 43.0 Å². The van der Waals surface area contributed by atoms with E-state index in [1.807, 2.05) is 51.1 Å². The van der Waals surface area contributed by atoms with Crippen LogP contribution < -0.4 is 5.32 Å². The smallest absolute Gasteiger partial charge is 0.408 e. The van der Waals surface area contributed by atoms with Crippen molar-refractivity contribution in [2.45, 2.75) is 44.9 Å². The molecule has 0 saturated carbocycles. The van der Waals surface area contributed by atoms with Crippen molar-refractivity contribution in [3.05, 3.63) is 48.6 Å². The Balaban J connectivity index is 2.95. The Bertz CT molecular complexity index is 482. The fourth-order valence-corrected chi connectivity index (χ4v) is 2.11. The molecule has 2 atom stereocenters. The van der Waals surface area contributed by atoms with E-state index >= 15 is 0 Å². The van der Waals surface area contributed by atoms with Gasteiger partial charge in [-0.2, -0.15) is 0 Å². The zero-order valence-corrected chi connectivity index (χ0v) is 14.4. The van der Waals surface area contributed by atoms with Crippen LogP contribution in [0.4, 0.5) is 4.79 Å². The molecular formula is C18H27NO4. The molecule has 1 N–H and O–H groups in total. The van der Waals surface area contributed by atoms with Crippen LogP contribution in [0.2, 0.25) is 0 Å². The number of hydrogen-bond acceptors (Lipinski definition) is 4. The summed E-state index contributed by atoms with van der Waals surface area (Å²) >= 11 is 0. The van der Waals surface area contributed by atoms with E-state index in [0.717, 1.165) is 5.56 Å². The minimum atomic E-state index is -0.563. The number of methoxy groups -OCH3 is 1. The molecule has 0 aliphatic carbocycles. The number of carbonyl (C=O) groups excluding carboxylic acids is 1. The highest BCUT2D eigenvalue weighted by atomic mass is 16.7. The first-order valence-electron chi connectivity index (χ1n) is 7.63. The molecule has 5 nitrogen and oxygen atoms in total. The highest BCUT2D eigenvalue weighted by molar-refractivity contribution is 5.68. The third kappa shape index (κ3) is 7.30. The van der Waals surface area contributed by atoms with Crippen LogP contribution in [0.3, 0.4) is 0 Å². The number of amides is 1. The van der Waals surface area contributed by atoms with Gasteiger partial charge in [-0.1, -0.05) is 36.4 Å². The molecule has 0 aromatic heterocycles. The minimum Gasteiger partial charge on any atom is -0.444 e. The highest BCUT2D eigenvalue weighted by Gasteiger charge is 2.27. The third-order valence-corrected chi connectivity index (χ3v) is 3.00. The van der Waals surface area contributed by atoms with Crippen LogP contribution in [0.5, 0.6) is 0 Å². The molecular weight excluding hydrogens is 294 g/mol. The molecule has 0 saturated heterocycles. The number of carbonyl (C=O) groups is 1. The summed E-state index contributed by atoms with van der Waals surface area (Å²) in [6.45, 7) is 9.37. The average Bonchev–Trinajstić information content (AvgIpc) is 2.48. The summed E-state index contributed by atoms with van der Waals surface area (Å²) in [7, 11) is 1.56. The summed E-state index contributed by atoms with van der Waals surface area (Å²) in [5.41, 5.74) is 0.369. The normalized spacial score (nSPS) is 13.9. The Labute approximate surface area is 138 Å². The van der Waals surface area contributed by atoms with Gasteiger partial charge in [0.15, 0.2) is 0 Å². The lowest BCUT2D eigenvalue weighted by atomic mass is 9.99. The lowest BCUT2D eigenvalue weighted by Gasteiger charge is -2.29. The number of benzene rings is 1. The number of alkyl carbamates (subject to hydrolysis) is 1. The fraction of sp³-hybridized carbons (Fsp3) is 0.500. The second-order valence-corrected chi connectivity index (χ2v) is 6.17. The topological polar surface area (TPSA) is 56.8 Å². The average molecular weight is 321 g/mol. The van der Waals surface area contributed by atoms with Gasteiger partial charge in [-0.05, 0) is 32.8 Å². The van der Waals surface area contributed by atoms with E-state index in [-0.39, 0.29) is 18.9 Å². The molecule has 1 unspecified atom stereocenters. The van der Waals surface area contributed by atoms with E-state index in [0.29, 0.717) is 6.42 Å². The van der Waals surface area contributed by atoms with E-state index in [1.54, 1.807) is 13.2 Å². The molecule has 1 amide bonds. The van der Waals surface area contributed by atoms with E-state index < -0.39 is 11.7 Å². The number of ether oxygens (including phenoxy) is 3. The van der Waals surface area contributed by atoms with Crippen molar-refractivity contribution in [3.8, 4) is 0 Å². The van der Waals surface area contributed by atoms with Crippen LogP contribution in [-0.2, 0) is 14.2 Å². The maximum atomic E-state index is 12.2. The summed E-state index contributed by atoms with van der Waals surface area (Å²) in [6, 6.07) is 9.27. The molecule has 0 spiro atoms. The zero-order chi connectivity index (χ0) is 17.3. The second kappa shape index (κ2) is 9.33. The second-order valence-electron chi connectivity index (χ2n) is 6.17. The van der Waals surface area contributed by atoms with Crippen LogP contribution in [-0.4, -0.2) is 31.7 Å². The van der Waals surface area contributed by atoms with Crippen LogP contribution in [0, 0.1) is 0 Å². The van der Waals surface area contributed by atoms with Crippen molar-refractivity contribution in [2.75, 3.05) is 13.9 Å². The summed E-state index contributed by atoms with van der Waals surface area (Å²) in [6.07, 6.45) is 1.54. The molecule has 0 aliphatic rings. The highest BCUT2D eigenvalue weighted by Crippen LogP contribution is 2.23. The lowest BCUT2D eigenvalue weighted by molar-refractivity contribution is -0.0829. The Hall–Kier alpha value is -1.85. The molecule has 1 rings (SSSR count). The quantitative estimate of drug-likeness (QED) is 0.584. The maximum Gasteiger partial charge on any atom is 0.408 e. The zero-order valence-electron chi connectivity index (χ0n) is 14.4. The van der Waals surface area contributed by atoms with Crippen molar-refractivity contribution in [2.24, 2.45) is 0 Å². The SMILES string of the molecule is C=CCC(OCOC)[C@@H](NC(=O)OC(C)(C)C)c1ccccc1. The molecule has 0 bridgehead atoms. The first-order chi connectivity index (χ1) is 10.9. The lowest BCUT2D eigenvalue weighted by Crippen LogP contribution is -2.40. The van der Waals surface area contributed by atoms with Crippen molar-refractivity contribution < 1.29 is 19.0 Å². The van der Waals surface area contributed by atoms with Crippen LogP contribution in [0.1, 0.15) is 38.8 Å². The predicted octanol–water partition coefficient (Wildman–Crippen LogP) is 3.82. The first kappa shape index (κ1) is 19.2. The van der Waals surface area contributed by atoms with Gasteiger partial charge in [0.1, 0.15) is 12.4 Å². The van der Waals surface area contributed by atoms with Gasteiger partial charge < -0.3 is 19.5 Å². The third-order valence-electron chi connectivity index (χ3n) is 3.00. The molecule has 1 aromatic rings. The molecule has 0 heterocycles. The van der Waals surface area contributed by atoms with Crippen molar-refractivity contribution in [1.82, 2.24) is 5.32 Å². The van der Waals surface area contributed by atoms with Crippen molar-refractivity contribution in [3.63, 3.8) is 0 Å². The Morgan fingerprint density at radius 2 is 1.96 bits per heavy atom. The minimum absolute atomic E-state index is 0.137. The molecule has 0 aliphatic heterocycles.